The lowest BCUT2D eigenvalue weighted by Gasteiger charge is -2.25. The highest BCUT2D eigenvalue weighted by Gasteiger charge is 2.14. The van der Waals surface area contributed by atoms with Gasteiger partial charge in [-0.05, 0) is 72.9 Å². The number of benzene rings is 3. The minimum atomic E-state index is -0.125. The molecule has 30 heavy (non-hydrogen) atoms. The third kappa shape index (κ3) is 4.82. The third-order valence-electron chi connectivity index (χ3n) is 5.81. The van der Waals surface area contributed by atoms with Gasteiger partial charge in [-0.1, -0.05) is 49.6 Å². The normalized spacial score (nSPS) is 14.3. The quantitative estimate of drug-likeness (QED) is 0.467. The number of hydrogen-bond acceptors (Lipinski definition) is 3. The van der Waals surface area contributed by atoms with Crippen molar-refractivity contribution >= 4 is 17.3 Å². The summed E-state index contributed by atoms with van der Waals surface area (Å²) in [4.78, 5) is 12.7. The average Bonchev–Trinajstić information content (AvgIpc) is 2.77. The first kappa shape index (κ1) is 20.0. The minimum absolute atomic E-state index is 0.125. The predicted molar refractivity (Wildman–Crippen MR) is 123 cm³/mol. The zero-order valence-corrected chi connectivity index (χ0v) is 17.3. The van der Waals surface area contributed by atoms with Gasteiger partial charge in [0, 0.05) is 23.0 Å². The van der Waals surface area contributed by atoms with Gasteiger partial charge in [0.1, 0.15) is 5.75 Å². The molecule has 3 N–H and O–H groups in total. The summed E-state index contributed by atoms with van der Waals surface area (Å²) >= 11 is 0. The van der Waals surface area contributed by atoms with Crippen molar-refractivity contribution in [2.24, 2.45) is 0 Å². The molecule has 0 radical (unpaired) electrons. The van der Waals surface area contributed by atoms with Crippen molar-refractivity contribution in [3.05, 3.63) is 77.9 Å². The van der Waals surface area contributed by atoms with Crippen molar-refractivity contribution in [2.75, 3.05) is 10.6 Å². The highest BCUT2D eigenvalue weighted by Crippen LogP contribution is 2.27. The molecule has 1 aliphatic rings. The van der Waals surface area contributed by atoms with Crippen molar-refractivity contribution in [1.82, 2.24) is 0 Å². The van der Waals surface area contributed by atoms with Crippen molar-refractivity contribution in [2.45, 2.75) is 45.1 Å². The Labute approximate surface area is 178 Å². The maximum atomic E-state index is 12.7. The third-order valence-corrected chi connectivity index (χ3v) is 5.81. The number of carbonyl (C=O) groups excluding carboxylic acids is 1. The van der Waals surface area contributed by atoms with Crippen LogP contribution in [-0.4, -0.2) is 17.1 Å². The lowest BCUT2D eigenvalue weighted by molar-refractivity contribution is 0.102. The zero-order chi connectivity index (χ0) is 20.9. The molecule has 0 aromatic heterocycles. The van der Waals surface area contributed by atoms with Crippen LogP contribution in [0, 0.1) is 6.92 Å². The van der Waals surface area contributed by atoms with E-state index in [4.69, 9.17) is 0 Å². The second kappa shape index (κ2) is 9.04. The molecule has 0 saturated heterocycles. The van der Waals surface area contributed by atoms with Crippen molar-refractivity contribution in [3.63, 3.8) is 0 Å². The monoisotopic (exact) mass is 400 g/mol. The smallest absolute Gasteiger partial charge is 0.255 e. The second-order valence-electron chi connectivity index (χ2n) is 8.09. The van der Waals surface area contributed by atoms with E-state index < -0.39 is 0 Å². The first-order chi connectivity index (χ1) is 14.6. The first-order valence-corrected chi connectivity index (χ1v) is 10.7. The van der Waals surface area contributed by atoms with Crippen molar-refractivity contribution < 1.29 is 9.90 Å². The molecule has 3 aromatic carbocycles. The maximum absolute atomic E-state index is 12.7. The van der Waals surface area contributed by atoms with Crippen LogP contribution >= 0.6 is 0 Å². The average molecular weight is 401 g/mol. The number of phenols is 1. The van der Waals surface area contributed by atoms with Crippen LogP contribution in [-0.2, 0) is 0 Å². The number of phenolic OH excluding ortho intramolecular Hbond substituents is 1. The van der Waals surface area contributed by atoms with E-state index >= 15 is 0 Å². The molecule has 0 aliphatic heterocycles. The van der Waals surface area contributed by atoms with E-state index in [0.717, 1.165) is 22.5 Å². The number of amides is 1. The Morgan fingerprint density at radius 2 is 1.50 bits per heavy atom. The molecular formula is C26H28N2O2. The first-order valence-electron chi connectivity index (χ1n) is 10.7. The molecular weight excluding hydrogens is 372 g/mol. The SMILES string of the molecule is Cc1ccc(NC(=O)c2ccc(-c3ccc(O)cc3)cc2)cc1NC1CCCCC1. The summed E-state index contributed by atoms with van der Waals surface area (Å²) in [5, 5.41) is 16.1. The summed E-state index contributed by atoms with van der Waals surface area (Å²) in [7, 11) is 0. The van der Waals surface area contributed by atoms with Crippen LogP contribution in [0.5, 0.6) is 5.75 Å². The number of aromatic hydroxyl groups is 1. The van der Waals surface area contributed by atoms with E-state index in [1.807, 2.05) is 48.5 Å². The fourth-order valence-electron chi connectivity index (χ4n) is 3.99. The van der Waals surface area contributed by atoms with Gasteiger partial charge in [-0.15, -0.1) is 0 Å². The Bertz CT molecular complexity index is 1000. The molecule has 0 heterocycles. The van der Waals surface area contributed by atoms with E-state index in [1.165, 1.54) is 37.7 Å². The van der Waals surface area contributed by atoms with Gasteiger partial charge >= 0.3 is 0 Å². The number of rotatable bonds is 5. The Morgan fingerprint density at radius 3 is 2.17 bits per heavy atom. The van der Waals surface area contributed by atoms with E-state index in [1.54, 1.807) is 12.1 Å². The summed E-state index contributed by atoms with van der Waals surface area (Å²) < 4.78 is 0. The number of anilines is 2. The van der Waals surface area contributed by atoms with Crippen LogP contribution in [0.15, 0.2) is 66.7 Å². The van der Waals surface area contributed by atoms with E-state index in [0.29, 0.717) is 11.6 Å². The number of aryl methyl sites for hydroxylation is 1. The minimum Gasteiger partial charge on any atom is -0.508 e. The van der Waals surface area contributed by atoms with Gasteiger partial charge in [0.2, 0.25) is 0 Å². The topological polar surface area (TPSA) is 61.4 Å². The van der Waals surface area contributed by atoms with Gasteiger partial charge in [-0.25, -0.2) is 0 Å². The van der Waals surface area contributed by atoms with Crippen molar-refractivity contribution in [1.29, 1.82) is 0 Å². The molecule has 1 saturated carbocycles. The van der Waals surface area contributed by atoms with Crippen LogP contribution in [0.2, 0.25) is 0 Å². The molecule has 0 bridgehead atoms. The van der Waals surface area contributed by atoms with Gasteiger partial charge < -0.3 is 15.7 Å². The van der Waals surface area contributed by atoms with Gasteiger partial charge in [-0.2, -0.15) is 0 Å². The summed E-state index contributed by atoms with van der Waals surface area (Å²) in [6.45, 7) is 2.10. The molecule has 4 rings (SSSR count). The Morgan fingerprint density at radius 1 is 0.867 bits per heavy atom. The standard InChI is InChI=1S/C26H28N2O2/c1-18-7-14-23(17-25(18)27-22-5-3-2-4-6-22)28-26(30)21-10-8-19(9-11-21)20-12-15-24(29)16-13-20/h7-17,22,27,29H,2-6H2,1H3,(H,28,30). The number of carbonyl (C=O) groups is 1. The van der Waals surface area contributed by atoms with Crippen LogP contribution < -0.4 is 10.6 Å². The largest absolute Gasteiger partial charge is 0.508 e. The lowest BCUT2D eigenvalue weighted by atomic mass is 9.95. The van der Waals surface area contributed by atoms with E-state index in [-0.39, 0.29) is 11.7 Å². The molecule has 0 unspecified atom stereocenters. The zero-order valence-electron chi connectivity index (χ0n) is 17.3. The molecule has 3 aromatic rings. The Balaban J connectivity index is 1.44. The van der Waals surface area contributed by atoms with Crippen LogP contribution in [0.3, 0.4) is 0 Å². The van der Waals surface area contributed by atoms with Gasteiger partial charge in [0.05, 0.1) is 0 Å². The summed E-state index contributed by atoms with van der Waals surface area (Å²) in [5.41, 5.74) is 5.70. The van der Waals surface area contributed by atoms with Crippen molar-refractivity contribution in [3.8, 4) is 16.9 Å². The fourth-order valence-corrected chi connectivity index (χ4v) is 3.99. The lowest BCUT2D eigenvalue weighted by Crippen LogP contribution is -2.22. The molecule has 1 amide bonds. The summed E-state index contributed by atoms with van der Waals surface area (Å²) in [5.74, 6) is 0.116. The van der Waals surface area contributed by atoms with Gasteiger partial charge in [0.25, 0.3) is 5.91 Å². The molecule has 0 spiro atoms. The highest BCUT2D eigenvalue weighted by atomic mass is 16.3. The Hall–Kier alpha value is -3.27. The van der Waals surface area contributed by atoms with E-state index in [9.17, 15) is 9.90 Å². The Kier molecular flexibility index (Phi) is 6.03. The van der Waals surface area contributed by atoms with Crippen LogP contribution in [0.4, 0.5) is 11.4 Å². The van der Waals surface area contributed by atoms with Gasteiger partial charge in [0.15, 0.2) is 0 Å². The molecule has 4 nitrogen and oxygen atoms in total. The number of nitrogens with one attached hydrogen (secondary N) is 2. The molecule has 154 valence electrons. The molecule has 1 aliphatic carbocycles. The summed E-state index contributed by atoms with van der Waals surface area (Å²) in [6.07, 6.45) is 6.33. The predicted octanol–water partition coefficient (Wildman–Crippen LogP) is 6.36. The van der Waals surface area contributed by atoms with E-state index in [2.05, 4.69) is 23.6 Å². The second-order valence-corrected chi connectivity index (χ2v) is 8.09. The van der Waals surface area contributed by atoms with Crippen LogP contribution in [0.25, 0.3) is 11.1 Å². The number of hydrogen-bond donors (Lipinski definition) is 3. The van der Waals surface area contributed by atoms with Crippen LogP contribution in [0.1, 0.15) is 48.0 Å². The molecule has 0 atom stereocenters. The highest BCUT2D eigenvalue weighted by molar-refractivity contribution is 6.04. The van der Waals surface area contributed by atoms with Gasteiger partial charge in [-0.3, -0.25) is 4.79 Å². The molecule has 4 heteroatoms. The molecule has 1 fully saturated rings. The fraction of sp³-hybridized carbons (Fsp3) is 0.269. The maximum Gasteiger partial charge on any atom is 0.255 e. The summed E-state index contributed by atoms with van der Waals surface area (Å²) in [6, 6.07) is 21.1.